The molecule has 0 fully saturated rings. The minimum atomic E-state index is 0.346. The van der Waals surface area contributed by atoms with Gasteiger partial charge in [-0.1, -0.05) is 27.7 Å². The summed E-state index contributed by atoms with van der Waals surface area (Å²) in [6, 6.07) is 0.606. The SMILES string of the molecule is CCNC(CCN(C)CCN(C)C)C(C)(C)C. The molecule has 1 unspecified atom stereocenters. The second-order valence-corrected chi connectivity index (χ2v) is 6.37. The summed E-state index contributed by atoms with van der Waals surface area (Å²) >= 11 is 0. The van der Waals surface area contributed by atoms with E-state index < -0.39 is 0 Å². The fourth-order valence-corrected chi connectivity index (χ4v) is 1.92. The molecule has 0 saturated carbocycles. The second-order valence-electron chi connectivity index (χ2n) is 6.37. The van der Waals surface area contributed by atoms with Crippen LogP contribution in [-0.4, -0.2) is 63.2 Å². The molecule has 0 aromatic rings. The Kier molecular flexibility index (Phi) is 8.01. The molecule has 1 atom stereocenters. The van der Waals surface area contributed by atoms with E-state index in [2.05, 4.69) is 64.0 Å². The van der Waals surface area contributed by atoms with E-state index in [9.17, 15) is 0 Å². The Morgan fingerprint density at radius 3 is 2.00 bits per heavy atom. The van der Waals surface area contributed by atoms with Crippen LogP contribution >= 0.6 is 0 Å². The van der Waals surface area contributed by atoms with Crippen LogP contribution in [-0.2, 0) is 0 Å². The summed E-state index contributed by atoms with van der Waals surface area (Å²) in [5.41, 5.74) is 0.346. The van der Waals surface area contributed by atoms with Gasteiger partial charge in [0.05, 0.1) is 0 Å². The topological polar surface area (TPSA) is 18.5 Å². The van der Waals surface area contributed by atoms with Crippen LogP contribution in [0.2, 0.25) is 0 Å². The molecule has 3 heteroatoms. The average molecular weight is 243 g/mol. The third-order valence-electron chi connectivity index (χ3n) is 3.22. The van der Waals surface area contributed by atoms with Gasteiger partial charge in [-0.2, -0.15) is 0 Å². The van der Waals surface area contributed by atoms with Crippen molar-refractivity contribution in [2.75, 3.05) is 47.3 Å². The quantitative estimate of drug-likeness (QED) is 0.702. The van der Waals surface area contributed by atoms with E-state index in [1.54, 1.807) is 0 Å². The first-order chi connectivity index (χ1) is 7.77. The van der Waals surface area contributed by atoms with Gasteiger partial charge in [-0.05, 0) is 46.1 Å². The maximum atomic E-state index is 3.61. The summed E-state index contributed by atoms with van der Waals surface area (Å²) in [7, 11) is 6.48. The Morgan fingerprint density at radius 2 is 1.59 bits per heavy atom. The fourth-order valence-electron chi connectivity index (χ4n) is 1.92. The Morgan fingerprint density at radius 1 is 1.00 bits per heavy atom. The molecule has 0 bridgehead atoms. The van der Waals surface area contributed by atoms with Crippen LogP contribution in [0.5, 0.6) is 0 Å². The Balaban J connectivity index is 3.95. The standard InChI is InChI=1S/C14H33N3/c1-8-15-13(14(2,3)4)9-10-17(7)12-11-16(5)6/h13,15H,8-12H2,1-7H3. The minimum Gasteiger partial charge on any atom is -0.314 e. The first kappa shape index (κ1) is 16.9. The Labute approximate surface area is 109 Å². The van der Waals surface area contributed by atoms with E-state index >= 15 is 0 Å². The van der Waals surface area contributed by atoms with Crippen molar-refractivity contribution >= 4 is 0 Å². The van der Waals surface area contributed by atoms with Crippen molar-refractivity contribution in [1.29, 1.82) is 0 Å². The van der Waals surface area contributed by atoms with E-state index in [4.69, 9.17) is 0 Å². The molecule has 0 heterocycles. The molecular formula is C14H33N3. The highest BCUT2D eigenvalue weighted by molar-refractivity contribution is 4.80. The van der Waals surface area contributed by atoms with Crippen molar-refractivity contribution in [3.63, 3.8) is 0 Å². The zero-order chi connectivity index (χ0) is 13.5. The first-order valence-electron chi connectivity index (χ1n) is 6.84. The molecule has 0 aromatic carbocycles. The number of hydrogen-bond donors (Lipinski definition) is 1. The van der Waals surface area contributed by atoms with Crippen LogP contribution in [0.3, 0.4) is 0 Å². The minimum absolute atomic E-state index is 0.346. The van der Waals surface area contributed by atoms with Crippen molar-refractivity contribution in [3.05, 3.63) is 0 Å². The Hall–Kier alpha value is -0.120. The smallest absolute Gasteiger partial charge is 0.0128 e. The normalized spacial score (nSPS) is 14.6. The van der Waals surface area contributed by atoms with Crippen molar-refractivity contribution in [2.24, 2.45) is 5.41 Å². The van der Waals surface area contributed by atoms with Gasteiger partial charge >= 0.3 is 0 Å². The molecule has 0 aliphatic carbocycles. The molecule has 0 spiro atoms. The highest BCUT2D eigenvalue weighted by Gasteiger charge is 2.23. The first-order valence-corrected chi connectivity index (χ1v) is 6.84. The largest absolute Gasteiger partial charge is 0.314 e. The lowest BCUT2D eigenvalue weighted by atomic mass is 9.84. The number of likely N-dealkylation sites (N-methyl/N-ethyl adjacent to an activating group) is 2. The number of nitrogens with one attached hydrogen (secondary N) is 1. The summed E-state index contributed by atoms with van der Waals surface area (Å²) in [6.45, 7) is 13.7. The fraction of sp³-hybridized carbons (Fsp3) is 1.00. The van der Waals surface area contributed by atoms with Gasteiger partial charge in [0.15, 0.2) is 0 Å². The average Bonchev–Trinajstić information content (AvgIpc) is 2.19. The molecule has 0 aliphatic heterocycles. The van der Waals surface area contributed by atoms with Gasteiger partial charge in [-0.3, -0.25) is 0 Å². The van der Waals surface area contributed by atoms with Gasteiger partial charge < -0.3 is 15.1 Å². The molecule has 0 aliphatic rings. The summed E-state index contributed by atoms with van der Waals surface area (Å²) in [5.74, 6) is 0. The van der Waals surface area contributed by atoms with Crippen LogP contribution < -0.4 is 5.32 Å². The van der Waals surface area contributed by atoms with Gasteiger partial charge in [0.1, 0.15) is 0 Å². The van der Waals surface area contributed by atoms with Crippen LogP contribution in [0.4, 0.5) is 0 Å². The number of nitrogens with zero attached hydrogens (tertiary/aromatic N) is 2. The predicted molar refractivity (Wildman–Crippen MR) is 77.6 cm³/mol. The molecule has 0 amide bonds. The highest BCUT2D eigenvalue weighted by atomic mass is 15.1. The predicted octanol–water partition coefficient (Wildman–Crippen LogP) is 1.89. The van der Waals surface area contributed by atoms with Crippen molar-refractivity contribution < 1.29 is 0 Å². The van der Waals surface area contributed by atoms with Crippen molar-refractivity contribution in [3.8, 4) is 0 Å². The molecule has 0 radical (unpaired) electrons. The summed E-state index contributed by atoms with van der Waals surface area (Å²) in [4.78, 5) is 4.66. The van der Waals surface area contributed by atoms with E-state index in [1.807, 2.05) is 0 Å². The molecule has 17 heavy (non-hydrogen) atoms. The molecule has 104 valence electrons. The van der Waals surface area contributed by atoms with E-state index in [0.717, 1.165) is 19.6 Å². The molecule has 0 aromatic heterocycles. The summed E-state index contributed by atoms with van der Waals surface area (Å²) in [5, 5.41) is 3.61. The summed E-state index contributed by atoms with van der Waals surface area (Å²) in [6.07, 6.45) is 1.22. The van der Waals surface area contributed by atoms with E-state index in [-0.39, 0.29) is 0 Å². The van der Waals surface area contributed by atoms with Crippen LogP contribution in [0, 0.1) is 5.41 Å². The molecule has 1 N–H and O–H groups in total. The Bertz CT molecular complexity index is 184. The lowest BCUT2D eigenvalue weighted by Crippen LogP contribution is -2.42. The zero-order valence-electron chi connectivity index (χ0n) is 13.0. The van der Waals surface area contributed by atoms with Crippen molar-refractivity contribution in [2.45, 2.75) is 40.2 Å². The van der Waals surface area contributed by atoms with Gasteiger partial charge in [-0.15, -0.1) is 0 Å². The zero-order valence-corrected chi connectivity index (χ0v) is 13.0. The van der Waals surface area contributed by atoms with Gasteiger partial charge in [0, 0.05) is 19.1 Å². The lowest BCUT2D eigenvalue weighted by molar-refractivity contribution is 0.215. The third-order valence-corrected chi connectivity index (χ3v) is 3.22. The highest BCUT2D eigenvalue weighted by Crippen LogP contribution is 2.21. The second kappa shape index (κ2) is 8.06. The van der Waals surface area contributed by atoms with Crippen LogP contribution in [0.15, 0.2) is 0 Å². The number of rotatable bonds is 8. The molecular weight excluding hydrogens is 210 g/mol. The van der Waals surface area contributed by atoms with Gasteiger partial charge in [0.2, 0.25) is 0 Å². The molecule has 0 rings (SSSR count). The number of hydrogen-bond acceptors (Lipinski definition) is 3. The van der Waals surface area contributed by atoms with Crippen LogP contribution in [0.25, 0.3) is 0 Å². The van der Waals surface area contributed by atoms with Crippen LogP contribution in [0.1, 0.15) is 34.1 Å². The maximum Gasteiger partial charge on any atom is 0.0128 e. The monoisotopic (exact) mass is 243 g/mol. The van der Waals surface area contributed by atoms with E-state index in [0.29, 0.717) is 11.5 Å². The van der Waals surface area contributed by atoms with Crippen molar-refractivity contribution in [1.82, 2.24) is 15.1 Å². The third kappa shape index (κ3) is 8.58. The van der Waals surface area contributed by atoms with Gasteiger partial charge in [0.25, 0.3) is 0 Å². The molecule has 3 nitrogen and oxygen atoms in total. The maximum absolute atomic E-state index is 3.61. The molecule has 0 saturated heterocycles. The lowest BCUT2D eigenvalue weighted by Gasteiger charge is -2.33. The van der Waals surface area contributed by atoms with Gasteiger partial charge in [-0.25, -0.2) is 0 Å². The summed E-state index contributed by atoms with van der Waals surface area (Å²) < 4.78 is 0. The van der Waals surface area contributed by atoms with E-state index in [1.165, 1.54) is 13.0 Å².